The fourth-order valence-electron chi connectivity index (χ4n) is 3.93. The number of fused-ring (bicyclic) bond motifs is 1. The standard InChI is InChI=1S/C27H37N5O3.ClH/c1-7-21(8-2)35-24-11-17(3)25-30-31(26(28)32(25)29-24)15-23(33)19-12-20(27(4,5)6)14-22(13-19)34-16-18-9-10-18;/h11-14,18,21,28H,7-10,15-16H2,1-6H3;1H. The van der Waals surface area contributed by atoms with Crippen LogP contribution >= 0.6 is 12.4 Å². The average molecular weight is 516 g/mol. The van der Waals surface area contributed by atoms with E-state index in [1.807, 2.05) is 31.2 Å². The third-order valence-electron chi connectivity index (χ3n) is 6.52. The number of Topliss-reactive ketones (excluding diaryl/α,β-unsaturated/α-hetero) is 1. The van der Waals surface area contributed by atoms with E-state index < -0.39 is 0 Å². The zero-order chi connectivity index (χ0) is 25.3. The van der Waals surface area contributed by atoms with E-state index in [0.29, 0.717) is 29.6 Å². The third-order valence-corrected chi connectivity index (χ3v) is 6.52. The molecule has 0 saturated heterocycles. The van der Waals surface area contributed by atoms with E-state index in [2.05, 4.69) is 44.8 Å². The number of nitrogens with one attached hydrogen (secondary N) is 1. The highest BCUT2D eigenvalue weighted by Crippen LogP contribution is 2.32. The molecule has 1 aromatic carbocycles. The second-order valence-corrected chi connectivity index (χ2v) is 10.6. The molecular weight excluding hydrogens is 478 g/mol. The zero-order valence-electron chi connectivity index (χ0n) is 22.1. The van der Waals surface area contributed by atoms with Crippen molar-refractivity contribution in [2.24, 2.45) is 5.92 Å². The molecule has 8 nitrogen and oxygen atoms in total. The summed E-state index contributed by atoms with van der Waals surface area (Å²) in [5.74, 6) is 1.68. The molecule has 0 atom stereocenters. The van der Waals surface area contributed by atoms with Crippen molar-refractivity contribution >= 4 is 23.8 Å². The van der Waals surface area contributed by atoms with E-state index >= 15 is 0 Å². The number of hydrogen-bond acceptors (Lipinski definition) is 6. The minimum Gasteiger partial charge on any atom is -0.493 e. The van der Waals surface area contributed by atoms with Crippen LogP contribution in [0.3, 0.4) is 0 Å². The van der Waals surface area contributed by atoms with Crippen molar-refractivity contribution in [3.05, 3.63) is 46.6 Å². The first kappa shape index (κ1) is 27.7. The van der Waals surface area contributed by atoms with Crippen molar-refractivity contribution in [1.29, 1.82) is 5.41 Å². The number of carbonyl (C=O) groups is 1. The summed E-state index contributed by atoms with van der Waals surface area (Å²) in [4.78, 5) is 13.3. The lowest BCUT2D eigenvalue weighted by Crippen LogP contribution is -2.27. The zero-order valence-corrected chi connectivity index (χ0v) is 22.9. The summed E-state index contributed by atoms with van der Waals surface area (Å²) in [5, 5.41) is 17.6. The van der Waals surface area contributed by atoms with Gasteiger partial charge in [0.25, 0.3) is 0 Å². The molecule has 2 heterocycles. The molecule has 1 fully saturated rings. The van der Waals surface area contributed by atoms with E-state index in [4.69, 9.17) is 14.9 Å². The summed E-state index contributed by atoms with van der Waals surface area (Å²) in [6.07, 6.45) is 4.23. The topological polar surface area (TPSA) is 94.5 Å². The van der Waals surface area contributed by atoms with Gasteiger partial charge in [0.15, 0.2) is 11.4 Å². The van der Waals surface area contributed by atoms with Gasteiger partial charge in [-0.3, -0.25) is 10.2 Å². The Morgan fingerprint density at radius 1 is 1.14 bits per heavy atom. The highest BCUT2D eigenvalue weighted by molar-refractivity contribution is 5.96. The van der Waals surface area contributed by atoms with Gasteiger partial charge in [-0.05, 0) is 67.7 Å². The van der Waals surface area contributed by atoms with Gasteiger partial charge >= 0.3 is 0 Å². The van der Waals surface area contributed by atoms with Gasteiger partial charge in [-0.25, -0.2) is 4.68 Å². The van der Waals surface area contributed by atoms with Crippen LogP contribution in [0.4, 0.5) is 0 Å². The fraction of sp³-hybridized carbons (Fsp3) is 0.556. The van der Waals surface area contributed by atoms with Crippen LogP contribution in [-0.4, -0.2) is 37.9 Å². The molecule has 0 radical (unpaired) electrons. The number of ether oxygens (including phenoxy) is 2. The lowest BCUT2D eigenvalue weighted by atomic mass is 9.85. The Balaban J connectivity index is 0.00000361. The summed E-state index contributed by atoms with van der Waals surface area (Å²) in [6, 6.07) is 7.60. The van der Waals surface area contributed by atoms with E-state index in [9.17, 15) is 4.79 Å². The van der Waals surface area contributed by atoms with Gasteiger partial charge in [-0.15, -0.1) is 22.6 Å². The SMILES string of the molecule is CCC(CC)Oc1cc(C)c2nn(CC(=O)c3cc(OCC4CC4)cc(C(C)(C)C)c3)c(=N)n2n1.Cl. The molecule has 0 unspecified atom stereocenters. The Kier molecular flexibility index (Phi) is 8.49. The van der Waals surface area contributed by atoms with Gasteiger partial charge in [0.2, 0.25) is 11.5 Å². The number of rotatable bonds is 10. The molecule has 1 N–H and O–H groups in total. The molecule has 2 aromatic heterocycles. The van der Waals surface area contributed by atoms with Crippen molar-refractivity contribution in [3.8, 4) is 11.6 Å². The van der Waals surface area contributed by atoms with E-state index in [1.54, 1.807) is 0 Å². The normalized spacial score (nSPS) is 13.6. The van der Waals surface area contributed by atoms with Crippen LogP contribution < -0.4 is 15.1 Å². The van der Waals surface area contributed by atoms with Crippen LogP contribution in [-0.2, 0) is 12.0 Å². The number of carbonyl (C=O) groups excluding carboxylic acids is 1. The van der Waals surface area contributed by atoms with Crippen LogP contribution in [0.5, 0.6) is 11.6 Å². The molecule has 1 aliphatic carbocycles. The summed E-state index contributed by atoms with van der Waals surface area (Å²) in [5.41, 5.74) is 2.89. The summed E-state index contributed by atoms with van der Waals surface area (Å²) >= 11 is 0. The summed E-state index contributed by atoms with van der Waals surface area (Å²) in [7, 11) is 0. The Bertz CT molecular complexity index is 1280. The Labute approximate surface area is 218 Å². The van der Waals surface area contributed by atoms with Crippen LogP contribution in [0.1, 0.15) is 81.8 Å². The predicted octanol–water partition coefficient (Wildman–Crippen LogP) is 5.28. The Hall–Kier alpha value is -2.87. The minimum atomic E-state index is -0.128. The smallest absolute Gasteiger partial charge is 0.242 e. The fourth-order valence-corrected chi connectivity index (χ4v) is 3.93. The number of nitrogens with zero attached hydrogens (tertiary/aromatic N) is 4. The minimum absolute atomic E-state index is 0. The number of aryl methyl sites for hydroxylation is 1. The molecule has 4 rings (SSSR count). The summed E-state index contributed by atoms with van der Waals surface area (Å²) in [6.45, 7) is 13.0. The third kappa shape index (κ3) is 6.27. The van der Waals surface area contributed by atoms with Crippen molar-refractivity contribution in [2.45, 2.75) is 85.3 Å². The lowest BCUT2D eigenvalue weighted by molar-refractivity contribution is 0.0965. The highest BCUT2D eigenvalue weighted by Gasteiger charge is 2.24. The molecule has 1 aliphatic rings. The average Bonchev–Trinajstić information content (AvgIpc) is 3.60. The molecule has 0 amide bonds. The maximum absolute atomic E-state index is 13.3. The van der Waals surface area contributed by atoms with Crippen molar-refractivity contribution in [3.63, 3.8) is 0 Å². The maximum Gasteiger partial charge on any atom is 0.242 e. The molecule has 196 valence electrons. The van der Waals surface area contributed by atoms with Crippen LogP contribution in [0.15, 0.2) is 24.3 Å². The van der Waals surface area contributed by atoms with Gasteiger partial charge in [0.1, 0.15) is 12.3 Å². The monoisotopic (exact) mass is 515 g/mol. The number of hydrogen-bond donors (Lipinski definition) is 1. The number of aromatic nitrogens is 4. The van der Waals surface area contributed by atoms with E-state index in [-0.39, 0.29) is 41.9 Å². The Morgan fingerprint density at radius 3 is 2.44 bits per heavy atom. The van der Waals surface area contributed by atoms with Gasteiger partial charge in [-0.2, -0.15) is 4.52 Å². The first-order chi connectivity index (χ1) is 16.6. The predicted molar refractivity (Wildman–Crippen MR) is 142 cm³/mol. The quantitative estimate of drug-likeness (QED) is 0.371. The van der Waals surface area contributed by atoms with Gasteiger partial charge in [0.05, 0.1) is 12.7 Å². The lowest BCUT2D eigenvalue weighted by Gasteiger charge is -2.21. The highest BCUT2D eigenvalue weighted by atomic mass is 35.5. The van der Waals surface area contributed by atoms with Crippen molar-refractivity contribution in [1.82, 2.24) is 19.4 Å². The maximum atomic E-state index is 13.3. The molecule has 3 aromatic rings. The van der Waals surface area contributed by atoms with Crippen LogP contribution in [0, 0.1) is 18.3 Å². The van der Waals surface area contributed by atoms with E-state index in [0.717, 1.165) is 29.7 Å². The molecule has 36 heavy (non-hydrogen) atoms. The largest absolute Gasteiger partial charge is 0.493 e. The van der Waals surface area contributed by atoms with E-state index in [1.165, 1.54) is 22.0 Å². The summed E-state index contributed by atoms with van der Waals surface area (Å²) < 4.78 is 14.8. The molecule has 1 saturated carbocycles. The number of halogens is 1. The van der Waals surface area contributed by atoms with Gasteiger partial charge < -0.3 is 9.47 Å². The molecule has 0 spiro atoms. The molecular formula is C27H38ClN5O3. The second-order valence-electron chi connectivity index (χ2n) is 10.6. The van der Waals surface area contributed by atoms with Crippen molar-refractivity contribution in [2.75, 3.05) is 6.61 Å². The first-order valence-corrected chi connectivity index (χ1v) is 12.6. The van der Waals surface area contributed by atoms with Gasteiger partial charge in [-0.1, -0.05) is 34.6 Å². The number of benzene rings is 1. The second kappa shape index (κ2) is 11.0. The van der Waals surface area contributed by atoms with Gasteiger partial charge in [0, 0.05) is 17.2 Å². The molecule has 0 aliphatic heterocycles. The number of ketones is 1. The van der Waals surface area contributed by atoms with Crippen LogP contribution in [0.25, 0.3) is 5.65 Å². The Morgan fingerprint density at radius 2 is 1.83 bits per heavy atom. The first-order valence-electron chi connectivity index (χ1n) is 12.6. The van der Waals surface area contributed by atoms with Crippen molar-refractivity contribution < 1.29 is 14.3 Å². The molecule has 9 heteroatoms. The molecule has 0 bridgehead atoms. The van der Waals surface area contributed by atoms with Crippen LogP contribution in [0.2, 0.25) is 0 Å².